The molecule has 0 fully saturated rings. The van der Waals surface area contributed by atoms with Gasteiger partial charge < -0.3 is 9.64 Å². The molecule has 0 spiro atoms. The first-order valence-electron chi connectivity index (χ1n) is 5.64. The van der Waals surface area contributed by atoms with E-state index in [4.69, 9.17) is 11.6 Å². The van der Waals surface area contributed by atoms with Crippen molar-refractivity contribution in [3.05, 3.63) is 28.8 Å². The number of ether oxygens (including phenoxy) is 1. The van der Waals surface area contributed by atoms with Crippen LogP contribution in [0.25, 0.3) is 0 Å². The normalized spacial score (nSPS) is 18.9. The van der Waals surface area contributed by atoms with Crippen molar-refractivity contribution in [2.75, 3.05) is 19.1 Å². The van der Waals surface area contributed by atoms with Gasteiger partial charge in [0.05, 0.1) is 12.8 Å². The van der Waals surface area contributed by atoms with Crippen LogP contribution in [0.5, 0.6) is 0 Å². The molecule has 1 heterocycles. The first-order chi connectivity index (χ1) is 8.95. The molecule has 1 aliphatic rings. The molecule has 5 nitrogen and oxygen atoms in total. The van der Waals surface area contributed by atoms with Crippen LogP contribution < -0.4 is 4.90 Å². The van der Waals surface area contributed by atoms with Crippen LogP contribution in [0.1, 0.15) is 16.8 Å². The second-order valence-corrected chi connectivity index (χ2v) is 4.69. The average molecular weight is 282 g/mol. The molecule has 1 aromatic rings. The number of esters is 1. The van der Waals surface area contributed by atoms with Gasteiger partial charge >= 0.3 is 5.97 Å². The van der Waals surface area contributed by atoms with E-state index in [1.165, 1.54) is 18.1 Å². The Kier molecular flexibility index (Phi) is 3.57. The number of ketones is 1. The van der Waals surface area contributed by atoms with E-state index in [1.54, 1.807) is 19.2 Å². The van der Waals surface area contributed by atoms with Crippen LogP contribution in [0, 0.1) is 5.92 Å². The minimum atomic E-state index is -1.11. The molecule has 1 atom stereocenters. The number of methoxy groups -OCH3 is 1. The Morgan fingerprint density at radius 1 is 1.42 bits per heavy atom. The molecular formula is C13H12ClNO4. The van der Waals surface area contributed by atoms with E-state index in [0.717, 1.165) is 0 Å². The maximum absolute atomic E-state index is 12.3. The maximum atomic E-state index is 12.3. The van der Waals surface area contributed by atoms with Crippen LogP contribution in [0.15, 0.2) is 18.2 Å². The zero-order valence-electron chi connectivity index (χ0n) is 10.5. The number of anilines is 1. The highest BCUT2D eigenvalue weighted by molar-refractivity contribution is 6.31. The van der Waals surface area contributed by atoms with Gasteiger partial charge in [0.2, 0.25) is 5.91 Å². The van der Waals surface area contributed by atoms with Crippen LogP contribution in [0.2, 0.25) is 5.02 Å². The lowest BCUT2D eigenvalue weighted by Crippen LogP contribution is -2.30. The molecule has 0 saturated carbocycles. The van der Waals surface area contributed by atoms with E-state index in [0.29, 0.717) is 10.7 Å². The van der Waals surface area contributed by atoms with E-state index in [1.807, 2.05) is 0 Å². The van der Waals surface area contributed by atoms with Gasteiger partial charge in [-0.2, -0.15) is 0 Å². The third-order valence-corrected chi connectivity index (χ3v) is 3.38. The summed E-state index contributed by atoms with van der Waals surface area (Å²) in [7, 11) is 2.75. The van der Waals surface area contributed by atoms with Gasteiger partial charge in [-0.1, -0.05) is 11.6 Å². The molecule has 1 aromatic carbocycles. The second kappa shape index (κ2) is 5.01. The highest BCUT2D eigenvalue weighted by atomic mass is 35.5. The molecule has 0 bridgehead atoms. The zero-order valence-corrected chi connectivity index (χ0v) is 11.2. The number of carbonyl (C=O) groups excluding carboxylic acids is 3. The van der Waals surface area contributed by atoms with Crippen molar-refractivity contribution in [2.45, 2.75) is 6.42 Å². The number of hydrogen-bond donors (Lipinski definition) is 0. The Labute approximate surface area is 115 Å². The van der Waals surface area contributed by atoms with Gasteiger partial charge in [0.15, 0.2) is 5.78 Å². The summed E-state index contributed by atoms with van der Waals surface area (Å²) in [5.41, 5.74) is 0.710. The van der Waals surface area contributed by atoms with Crippen LogP contribution in [0.3, 0.4) is 0 Å². The molecular weight excluding hydrogens is 270 g/mol. The molecule has 1 amide bonds. The third kappa shape index (κ3) is 2.33. The summed E-state index contributed by atoms with van der Waals surface area (Å²) in [5.74, 6) is -2.58. The summed E-state index contributed by atoms with van der Waals surface area (Å²) in [6.07, 6.45) is -0.200. The smallest absolute Gasteiger partial charge is 0.317 e. The fourth-order valence-electron chi connectivity index (χ4n) is 2.06. The van der Waals surface area contributed by atoms with Gasteiger partial charge in [-0.3, -0.25) is 14.4 Å². The molecule has 19 heavy (non-hydrogen) atoms. The Balaban J connectivity index is 2.57. The molecule has 1 aliphatic heterocycles. The van der Waals surface area contributed by atoms with Crippen molar-refractivity contribution in [1.29, 1.82) is 0 Å². The lowest BCUT2D eigenvalue weighted by molar-refractivity contribution is -0.145. The van der Waals surface area contributed by atoms with Gasteiger partial charge in [-0.05, 0) is 18.2 Å². The molecule has 2 rings (SSSR count). The topological polar surface area (TPSA) is 63.7 Å². The molecule has 0 saturated heterocycles. The molecule has 0 radical (unpaired) electrons. The fourth-order valence-corrected chi connectivity index (χ4v) is 2.23. The van der Waals surface area contributed by atoms with Gasteiger partial charge in [0.1, 0.15) is 5.92 Å². The van der Waals surface area contributed by atoms with E-state index >= 15 is 0 Å². The quantitative estimate of drug-likeness (QED) is 0.580. The molecule has 1 unspecified atom stereocenters. The first-order valence-corrected chi connectivity index (χ1v) is 6.01. The number of carbonyl (C=O) groups is 3. The Bertz CT molecular complexity index is 570. The zero-order chi connectivity index (χ0) is 14.2. The lowest BCUT2D eigenvalue weighted by atomic mass is 9.95. The monoisotopic (exact) mass is 281 g/mol. The predicted octanol–water partition coefficient (Wildman–Crippen LogP) is 1.68. The third-order valence-electron chi connectivity index (χ3n) is 3.14. The van der Waals surface area contributed by atoms with Crippen molar-refractivity contribution < 1.29 is 19.1 Å². The van der Waals surface area contributed by atoms with Gasteiger partial charge in [0, 0.05) is 24.1 Å². The number of Topliss-reactive ketones (excluding diaryl/α,β-unsaturated/α-hetero) is 1. The number of nitrogens with zero attached hydrogens (tertiary/aromatic N) is 1. The largest absolute Gasteiger partial charge is 0.468 e. The van der Waals surface area contributed by atoms with Crippen molar-refractivity contribution in [3.63, 3.8) is 0 Å². The van der Waals surface area contributed by atoms with Gasteiger partial charge in [-0.25, -0.2) is 0 Å². The van der Waals surface area contributed by atoms with E-state index in [2.05, 4.69) is 4.74 Å². The van der Waals surface area contributed by atoms with Crippen molar-refractivity contribution in [1.82, 2.24) is 0 Å². The standard InChI is InChI=1S/C13H12ClNO4/c1-15-10-4-3-7(14)5-8(10)12(17)9(6-11(15)16)13(18)19-2/h3-5,9H,6H2,1-2H3. The summed E-state index contributed by atoms with van der Waals surface area (Å²) < 4.78 is 4.58. The number of hydrogen-bond acceptors (Lipinski definition) is 4. The minimum absolute atomic E-state index is 0.200. The second-order valence-electron chi connectivity index (χ2n) is 4.26. The maximum Gasteiger partial charge on any atom is 0.317 e. The van der Waals surface area contributed by atoms with E-state index < -0.39 is 17.7 Å². The van der Waals surface area contributed by atoms with E-state index in [9.17, 15) is 14.4 Å². The number of rotatable bonds is 1. The van der Waals surface area contributed by atoms with Crippen molar-refractivity contribution in [3.8, 4) is 0 Å². The summed E-state index contributed by atoms with van der Waals surface area (Å²) >= 11 is 5.87. The summed E-state index contributed by atoms with van der Waals surface area (Å²) in [6.45, 7) is 0. The first kappa shape index (κ1) is 13.5. The highest BCUT2D eigenvalue weighted by Gasteiger charge is 2.37. The predicted molar refractivity (Wildman–Crippen MR) is 69.3 cm³/mol. The fraction of sp³-hybridized carbons (Fsp3) is 0.308. The Hall–Kier alpha value is -1.88. The van der Waals surface area contributed by atoms with Crippen molar-refractivity contribution in [2.24, 2.45) is 5.92 Å². The lowest BCUT2D eigenvalue weighted by Gasteiger charge is -2.16. The summed E-state index contributed by atoms with van der Waals surface area (Å²) in [4.78, 5) is 37.3. The summed E-state index contributed by atoms with van der Waals surface area (Å²) in [5, 5.41) is 0.374. The number of amides is 1. The van der Waals surface area contributed by atoms with E-state index in [-0.39, 0.29) is 17.9 Å². The number of fused-ring (bicyclic) bond motifs is 1. The molecule has 0 aliphatic carbocycles. The van der Waals surface area contributed by atoms with Crippen LogP contribution >= 0.6 is 11.6 Å². The number of halogens is 1. The minimum Gasteiger partial charge on any atom is -0.468 e. The Morgan fingerprint density at radius 3 is 2.74 bits per heavy atom. The van der Waals surface area contributed by atoms with Gasteiger partial charge in [0.25, 0.3) is 0 Å². The molecule has 6 heteroatoms. The number of benzene rings is 1. The van der Waals surface area contributed by atoms with Crippen LogP contribution in [-0.2, 0) is 14.3 Å². The Morgan fingerprint density at radius 2 is 2.11 bits per heavy atom. The van der Waals surface area contributed by atoms with Crippen LogP contribution in [0.4, 0.5) is 5.69 Å². The van der Waals surface area contributed by atoms with Crippen molar-refractivity contribution >= 4 is 34.9 Å². The SMILES string of the molecule is COC(=O)C1CC(=O)N(C)c2ccc(Cl)cc2C1=O. The van der Waals surface area contributed by atoms with Crippen LogP contribution in [-0.4, -0.2) is 31.8 Å². The summed E-state index contributed by atoms with van der Waals surface area (Å²) in [6, 6.07) is 4.65. The average Bonchev–Trinajstić information content (AvgIpc) is 2.49. The molecule has 0 aromatic heterocycles. The van der Waals surface area contributed by atoms with Gasteiger partial charge in [-0.15, -0.1) is 0 Å². The molecule has 0 N–H and O–H groups in total. The highest BCUT2D eigenvalue weighted by Crippen LogP contribution is 2.31. The molecule has 100 valence electrons.